The number of nitro groups is 1. The SMILES string of the molecule is Cc1ccc(Cc2ccc(Cl)c([N+](=O)[O-])c2)cc1. The first-order valence-corrected chi connectivity index (χ1v) is 5.92. The van der Waals surface area contributed by atoms with E-state index in [2.05, 4.69) is 0 Å². The van der Waals surface area contributed by atoms with E-state index in [0.717, 1.165) is 11.1 Å². The highest BCUT2D eigenvalue weighted by Crippen LogP contribution is 2.26. The van der Waals surface area contributed by atoms with Crippen molar-refractivity contribution in [2.45, 2.75) is 13.3 Å². The topological polar surface area (TPSA) is 43.1 Å². The predicted molar refractivity (Wildman–Crippen MR) is 72.1 cm³/mol. The molecule has 0 atom stereocenters. The van der Waals surface area contributed by atoms with Gasteiger partial charge in [0.1, 0.15) is 5.02 Å². The lowest BCUT2D eigenvalue weighted by atomic mass is 10.0. The summed E-state index contributed by atoms with van der Waals surface area (Å²) in [5.74, 6) is 0. The molecule has 0 aliphatic carbocycles. The summed E-state index contributed by atoms with van der Waals surface area (Å²) in [5, 5.41) is 11.0. The van der Waals surface area contributed by atoms with Gasteiger partial charge in [0, 0.05) is 6.07 Å². The van der Waals surface area contributed by atoms with Gasteiger partial charge in [-0.1, -0.05) is 47.5 Å². The number of hydrogen-bond donors (Lipinski definition) is 0. The number of nitro benzene ring substituents is 1. The van der Waals surface area contributed by atoms with Crippen LogP contribution in [0.5, 0.6) is 0 Å². The zero-order valence-corrected chi connectivity index (χ0v) is 10.6. The number of hydrogen-bond acceptors (Lipinski definition) is 2. The fourth-order valence-corrected chi connectivity index (χ4v) is 1.94. The summed E-state index contributed by atoms with van der Waals surface area (Å²) < 4.78 is 0. The van der Waals surface area contributed by atoms with Crippen LogP contribution in [-0.2, 0) is 6.42 Å². The summed E-state index contributed by atoms with van der Waals surface area (Å²) in [5.41, 5.74) is 3.16. The quantitative estimate of drug-likeness (QED) is 0.615. The van der Waals surface area contributed by atoms with Crippen molar-refractivity contribution in [3.8, 4) is 0 Å². The third-order valence-electron chi connectivity index (χ3n) is 2.74. The zero-order chi connectivity index (χ0) is 13.1. The number of halogens is 1. The second-order valence-corrected chi connectivity index (χ2v) is 4.61. The second-order valence-electron chi connectivity index (χ2n) is 4.21. The maximum atomic E-state index is 10.8. The van der Waals surface area contributed by atoms with Gasteiger partial charge in [0.25, 0.3) is 5.69 Å². The summed E-state index contributed by atoms with van der Waals surface area (Å²) in [4.78, 5) is 10.3. The minimum Gasteiger partial charge on any atom is -0.258 e. The minimum atomic E-state index is -0.457. The smallest absolute Gasteiger partial charge is 0.258 e. The maximum absolute atomic E-state index is 10.8. The first-order valence-electron chi connectivity index (χ1n) is 5.54. The number of rotatable bonds is 3. The lowest BCUT2D eigenvalue weighted by molar-refractivity contribution is -0.384. The van der Waals surface area contributed by atoms with Gasteiger partial charge in [-0.15, -0.1) is 0 Å². The van der Waals surface area contributed by atoms with E-state index < -0.39 is 4.92 Å². The molecule has 0 N–H and O–H groups in total. The molecular formula is C14H12ClNO2. The van der Waals surface area contributed by atoms with Gasteiger partial charge in [-0.25, -0.2) is 0 Å². The number of aryl methyl sites for hydroxylation is 1. The van der Waals surface area contributed by atoms with Gasteiger partial charge >= 0.3 is 0 Å². The Bertz CT molecular complexity index is 579. The van der Waals surface area contributed by atoms with E-state index in [-0.39, 0.29) is 10.7 Å². The Morgan fingerprint density at radius 2 is 1.72 bits per heavy atom. The molecule has 0 aromatic heterocycles. The van der Waals surface area contributed by atoms with Crippen LogP contribution in [0, 0.1) is 17.0 Å². The van der Waals surface area contributed by atoms with E-state index in [0.29, 0.717) is 6.42 Å². The number of nitrogens with zero attached hydrogens (tertiary/aromatic N) is 1. The molecule has 2 aromatic rings. The Hall–Kier alpha value is -1.87. The summed E-state index contributed by atoms with van der Waals surface area (Å²) >= 11 is 5.77. The molecule has 3 nitrogen and oxygen atoms in total. The van der Waals surface area contributed by atoms with Crippen molar-refractivity contribution in [3.63, 3.8) is 0 Å². The van der Waals surface area contributed by atoms with Gasteiger partial charge in [-0.05, 0) is 30.5 Å². The highest BCUT2D eigenvalue weighted by Gasteiger charge is 2.12. The third-order valence-corrected chi connectivity index (χ3v) is 3.06. The van der Waals surface area contributed by atoms with Gasteiger partial charge in [-0.3, -0.25) is 10.1 Å². The Morgan fingerprint density at radius 1 is 1.11 bits per heavy atom. The largest absolute Gasteiger partial charge is 0.288 e. The van der Waals surface area contributed by atoms with Crippen molar-refractivity contribution < 1.29 is 4.92 Å². The lowest BCUT2D eigenvalue weighted by Gasteiger charge is -2.03. The van der Waals surface area contributed by atoms with Crippen LogP contribution in [0.1, 0.15) is 16.7 Å². The molecule has 0 aliphatic rings. The van der Waals surface area contributed by atoms with E-state index >= 15 is 0 Å². The van der Waals surface area contributed by atoms with Crippen molar-refractivity contribution >= 4 is 17.3 Å². The Balaban J connectivity index is 2.27. The molecular weight excluding hydrogens is 250 g/mol. The van der Waals surface area contributed by atoms with Crippen molar-refractivity contribution in [3.05, 3.63) is 74.3 Å². The Labute approximate surface area is 110 Å². The molecule has 4 heteroatoms. The van der Waals surface area contributed by atoms with Crippen molar-refractivity contribution in [2.75, 3.05) is 0 Å². The predicted octanol–water partition coefficient (Wildman–Crippen LogP) is 4.15. The van der Waals surface area contributed by atoms with Crippen LogP contribution in [0.15, 0.2) is 42.5 Å². The van der Waals surface area contributed by atoms with Crippen molar-refractivity contribution in [1.29, 1.82) is 0 Å². The van der Waals surface area contributed by atoms with Gasteiger partial charge in [0.05, 0.1) is 4.92 Å². The van der Waals surface area contributed by atoms with Crippen LogP contribution < -0.4 is 0 Å². The normalized spacial score (nSPS) is 10.3. The highest BCUT2D eigenvalue weighted by molar-refractivity contribution is 6.32. The summed E-state index contributed by atoms with van der Waals surface area (Å²) in [7, 11) is 0. The van der Waals surface area contributed by atoms with Gasteiger partial charge < -0.3 is 0 Å². The highest BCUT2D eigenvalue weighted by atomic mass is 35.5. The number of benzene rings is 2. The maximum Gasteiger partial charge on any atom is 0.288 e. The molecule has 0 radical (unpaired) electrons. The van der Waals surface area contributed by atoms with Crippen LogP contribution >= 0.6 is 11.6 Å². The summed E-state index contributed by atoms with van der Waals surface area (Å²) in [6.07, 6.45) is 0.665. The molecule has 0 saturated heterocycles. The molecule has 0 saturated carbocycles. The summed E-state index contributed by atoms with van der Waals surface area (Å²) in [6.45, 7) is 2.02. The first kappa shape index (κ1) is 12.6. The fourth-order valence-electron chi connectivity index (χ4n) is 1.75. The van der Waals surface area contributed by atoms with Gasteiger partial charge in [-0.2, -0.15) is 0 Å². The molecule has 0 spiro atoms. The van der Waals surface area contributed by atoms with E-state index in [1.54, 1.807) is 6.07 Å². The van der Waals surface area contributed by atoms with E-state index in [1.807, 2.05) is 37.3 Å². The molecule has 18 heavy (non-hydrogen) atoms. The average Bonchev–Trinajstić information content (AvgIpc) is 2.34. The second kappa shape index (κ2) is 5.19. The zero-order valence-electron chi connectivity index (χ0n) is 9.89. The third kappa shape index (κ3) is 2.87. The Kier molecular flexibility index (Phi) is 3.63. The fraction of sp³-hybridized carbons (Fsp3) is 0.143. The lowest BCUT2D eigenvalue weighted by Crippen LogP contribution is -1.93. The van der Waals surface area contributed by atoms with Crippen LogP contribution in [0.2, 0.25) is 5.02 Å². The standard InChI is InChI=1S/C14H12ClNO2/c1-10-2-4-11(5-3-10)8-12-6-7-13(15)14(9-12)16(17)18/h2-7,9H,8H2,1H3. The van der Waals surface area contributed by atoms with Crippen LogP contribution in [-0.4, -0.2) is 4.92 Å². The monoisotopic (exact) mass is 261 g/mol. The molecule has 0 unspecified atom stereocenters. The molecule has 0 aliphatic heterocycles. The van der Waals surface area contributed by atoms with E-state index in [4.69, 9.17) is 11.6 Å². The molecule has 2 rings (SSSR count). The Morgan fingerprint density at radius 3 is 2.33 bits per heavy atom. The molecule has 0 amide bonds. The molecule has 2 aromatic carbocycles. The average molecular weight is 262 g/mol. The van der Waals surface area contributed by atoms with Crippen molar-refractivity contribution in [1.82, 2.24) is 0 Å². The minimum absolute atomic E-state index is 0.0405. The molecule has 0 fully saturated rings. The van der Waals surface area contributed by atoms with Crippen LogP contribution in [0.25, 0.3) is 0 Å². The van der Waals surface area contributed by atoms with E-state index in [1.165, 1.54) is 11.6 Å². The van der Waals surface area contributed by atoms with E-state index in [9.17, 15) is 10.1 Å². The molecule has 0 heterocycles. The molecule has 92 valence electrons. The van der Waals surface area contributed by atoms with Crippen LogP contribution in [0.3, 0.4) is 0 Å². The first-order chi connectivity index (χ1) is 8.56. The van der Waals surface area contributed by atoms with Gasteiger partial charge in [0.2, 0.25) is 0 Å². The summed E-state index contributed by atoms with van der Waals surface area (Å²) in [6, 6.07) is 13.0. The van der Waals surface area contributed by atoms with Crippen LogP contribution in [0.4, 0.5) is 5.69 Å². The van der Waals surface area contributed by atoms with Crippen molar-refractivity contribution in [2.24, 2.45) is 0 Å². The molecule has 0 bridgehead atoms. The van der Waals surface area contributed by atoms with Gasteiger partial charge in [0.15, 0.2) is 0 Å².